The molecule has 0 spiro atoms. The van der Waals surface area contributed by atoms with Crippen LogP contribution in [0.2, 0.25) is 0 Å². The molecular formula is C57H84O6. The van der Waals surface area contributed by atoms with E-state index in [0.717, 1.165) is 109 Å². The first-order valence-corrected chi connectivity index (χ1v) is 24.1. The predicted molar refractivity (Wildman–Crippen MR) is 269 cm³/mol. The molecule has 0 N–H and O–H groups in total. The van der Waals surface area contributed by atoms with Crippen LogP contribution in [0.5, 0.6) is 0 Å². The Kier molecular flexibility index (Phi) is 45.8. The largest absolute Gasteiger partial charge is 0.462 e. The molecule has 0 heterocycles. The Hall–Kier alpha value is -4.97. The summed E-state index contributed by atoms with van der Waals surface area (Å²) in [6.45, 7) is 6.10. The molecule has 0 rings (SSSR count). The third kappa shape index (κ3) is 47.9. The van der Waals surface area contributed by atoms with Gasteiger partial charge in [-0.15, -0.1) is 0 Å². The zero-order chi connectivity index (χ0) is 45.8. The van der Waals surface area contributed by atoms with Crippen LogP contribution < -0.4 is 0 Å². The molecule has 6 heteroatoms. The van der Waals surface area contributed by atoms with E-state index in [1.54, 1.807) is 0 Å². The summed E-state index contributed by atoms with van der Waals surface area (Å²) in [5, 5.41) is 0. The fraction of sp³-hybridized carbons (Fsp3) is 0.491. The quantitative estimate of drug-likeness (QED) is 0.0201. The first-order valence-electron chi connectivity index (χ1n) is 24.1. The highest BCUT2D eigenvalue weighted by molar-refractivity contribution is 5.71. The number of unbranched alkanes of at least 4 members (excludes halogenated alkanes) is 9. The molecule has 0 saturated carbocycles. The van der Waals surface area contributed by atoms with Gasteiger partial charge in [0, 0.05) is 19.3 Å². The van der Waals surface area contributed by atoms with Crippen LogP contribution in [-0.4, -0.2) is 37.2 Å². The first-order chi connectivity index (χ1) is 31.0. The van der Waals surface area contributed by atoms with Crippen LogP contribution in [0.3, 0.4) is 0 Å². The van der Waals surface area contributed by atoms with E-state index in [1.807, 2.05) is 60.8 Å². The highest BCUT2D eigenvalue weighted by Gasteiger charge is 2.19. The van der Waals surface area contributed by atoms with Gasteiger partial charge in [-0.05, 0) is 96.3 Å². The van der Waals surface area contributed by atoms with Gasteiger partial charge >= 0.3 is 17.9 Å². The number of hydrogen-bond acceptors (Lipinski definition) is 6. The fourth-order valence-electron chi connectivity index (χ4n) is 5.67. The number of carbonyl (C=O) groups is 3. The molecule has 0 aliphatic heterocycles. The molecule has 0 radical (unpaired) electrons. The molecule has 63 heavy (non-hydrogen) atoms. The molecule has 0 bridgehead atoms. The van der Waals surface area contributed by atoms with Gasteiger partial charge in [0.15, 0.2) is 6.10 Å². The van der Waals surface area contributed by atoms with Crippen molar-refractivity contribution in [2.24, 2.45) is 0 Å². The Morgan fingerprint density at radius 1 is 0.333 bits per heavy atom. The van der Waals surface area contributed by atoms with Gasteiger partial charge in [0.05, 0.1) is 0 Å². The van der Waals surface area contributed by atoms with Crippen molar-refractivity contribution in [3.63, 3.8) is 0 Å². The Balaban J connectivity index is 4.63. The smallest absolute Gasteiger partial charge is 0.306 e. The third-order valence-electron chi connectivity index (χ3n) is 9.20. The van der Waals surface area contributed by atoms with Crippen LogP contribution in [0.25, 0.3) is 0 Å². The zero-order valence-electron chi connectivity index (χ0n) is 39.5. The number of ether oxygens (including phenoxy) is 3. The van der Waals surface area contributed by atoms with E-state index >= 15 is 0 Å². The highest BCUT2D eigenvalue weighted by atomic mass is 16.6. The molecule has 1 atom stereocenters. The maximum Gasteiger partial charge on any atom is 0.306 e. The molecule has 0 fully saturated rings. The van der Waals surface area contributed by atoms with E-state index in [0.29, 0.717) is 12.8 Å². The lowest BCUT2D eigenvalue weighted by Crippen LogP contribution is -2.30. The van der Waals surface area contributed by atoms with Crippen LogP contribution in [-0.2, 0) is 28.6 Å². The molecule has 1 unspecified atom stereocenters. The standard InChI is InChI=1S/C57H84O6/c1-4-7-10-13-16-19-22-25-27-28-30-32-35-38-41-44-47-50-56(59)62-53-54(52-61-55(58)49-46-43-40-37-34-31-24-21-18-15-12-9-6-3)63-57(60)51-48-45-42-39-36-33-29-26-23-20-17-14-11-8-5-2/h7-12,14-21,23-27,29-32,34,38,41,54H,4-6,13,22,28,33,35-37,39-40,42-53H2,1-3H3/b10-7+,11-8+,12-9+,17-14+,18-15+,19-16+,23-20+,24-21+,27-25+,29-26+,32-30+,34-31+,41-38+. The molecule has 0 aliphatic rings. The first kappa shape index (κ1) is 58.0. The predicted octanol–water partition coefficient (Wildman–Crippen LogP) is 15.9. The van der Waals surface area contributed by atoms with Crippen molar-refractivity contribution in [2.75, 3.05) is 13.2 Å². The average Bonchev–Trinajstić information content (AvgIpc) is 3.28. The third-order valence-corrected chi connectivity index (χ3v) is 9.20. The molecule has 0 aromatic rings. The van der Waals surface area contributed by atoms with Crippen LogP contribution in [0.15, 0.2) is 158 Å². The number of carbonyl (C=O) groups excluding carboxylic acids is 3. The lowest BCUT2D eigenvalue weighted by Gasteiger charge is -2.18. The fourth-order valence-corrected chi connectivity index (χ4v) is 5.67. The minimum absolute atomic E-state index is 0.134. The van der Waals surface area contributed by atoms with Gasteiger partial charge in [-0.3, -0.25) is 14.4 Å². The highest BCUT2D eigenvalue weighted by Crippen LogP contribution is 2.11. The van der Waals surface area contributed by atoms with E-state index in [4.69, 9.17) is 14.2 Å². The minimum Gasteiger partial charge on any atom is -0.462 e. The second-order valence-electron chi connectivity index (χ2n) is 15.1. The van der Waals surface area contributed by atoms with Gasteiger partial charge in [-0.2, -0.15) is 0 Å². The van der Waals surface area contributed by atoms with E-state index < -0.39 is 6.10 Å². The summed E-state index contributed by atoms with van der Waals surface area (Å²) in [4.78, 5) is 37.9. The van der Waals surface area contributed by atoms with E-state index in [-0.39, 0.29) is 50.4 Å². The summed E-state index contributed by atoms with van der Waals surface area (Å²) in [5.74, 6) is -1.07. The molecule has 0 saturated heterocycles. The van der Waals surface area contributed by atoms with Gasteiger partial charge in [-0.25, -0.2) is 0 Å². The number of rotatable bonds is 40. The van der Waals surface area contributed by atoms with Crippen molar-refractivity contribution in [3.8, 4) is 0 Å². The summed E-state index contributed by atoms with van der Waals surface area (Å²) < 4.78 is 16.6. The topological polar surface area (TPSA) is 78.9 Å². The maximum atomic E-state index is 12.8. The van der Waals surface area contributed by atoms with Crippen molar-refractivity contribution in [3.05, 3.63) is 158 Å². The summed E-state index contributed by atoms with van der Waals surface area (Å²) in [6.07, 6.45) is 72.3. The number of esters is 3. The van der Waals surface area contributed by atoms with Crippen molar-refractivity contribution < 1.29 is 28.6 Å². The molecule has 348 valence electrons. The van der Waals surface area contributed by atoms with Crippen LogP contribution >= 0.6 is 0 Å². The van der Waals surface area contributed by atoms with Crippen LogP contribution in [0.4, 0.5) is 0 Å². The van der Waals surface area contributed by atoms with E-state index in [1.165, 1.54) is 0 Å². The van der Waals surface area contributed by atoms with Crippen LogP contribution in [0, 0.1) is 0 Å². The Morgan fingerprint density at radius 3 is 1.14 bits per heavy atom. The van der Waals surface area contributed by atoms with Gasteiger partial charge in [0.2, 0.25) is 0 Å². The molecule has 0 aliphatic carbocycles. The second-order valence-corrected chi connectivity index (χ2v) is 15.1. The van der Waals surface area contributed by atoms with Gasteiger partial charge in [-0.1, -0.05) is 204 Å². The lowest BCUT2D eigenvalue weighted by molar-refractivity contribution is -0.167. The number of allylic oxidation sites excluding steroid dienone is 26. The van der Waals surface area contributed by atoms with Gasteiger partial charge in [0.1, 0.15) is 13.2 Å². The van der Waals surface area contributed by atoms with E-state index in [2.05, 4.69) is 118 Å². The van der Waals surface area contributed by atoms with Crippen molar-refractivity contribution in [1.29, 1.82) is 0 Å². The Labute approximate surface area is 384 Å². The molecule has 0 aromatic heterocycles. The average molecular weight is 865 g/mol. The number of hydrogen-bond donors (Lipinski definition) is 0. The van der Waals surface area contributed by atoms with Crippen molar-refractivity contribution in [2.45, 2.75) is 168 Å². The summed E-state index contributed by atoms with van der Waals surface area (Å²) >= 11 is 0. The van der Waals surface area contributed by atoms with E-state index in [9.17, 15) is 14.4 Å². The van der Waals surface area contributed by atoms with Crippen molar-refractivity contribution in [1.82, 2.24) is 0 Å². The van der Waals surface area contributed by atoms with Gasteiger partial charge in [0.25, 0.3) is 0 Å². The molecule has 0 aromatic carbocycles. The summed E-state index contributed by atoms with van der Waals surface area (Å²) in [5.41, 5.74) is 0. The maximum absolute atomic E-state index is 12.8. The summed E-state index contributed by atoms with van der Waals surface area (Å²) in [6, 6.07) is 0. The lowest BCUT2D eigenvalue weighted by atomic mass is 10.1. The second kappa shape index (κ2) is 49.7. The van der Waals surface area contributed by atoms with Crippen molar-refractivity contribution >= 4 is 17.9 Å². The molecular weight excluding hydrogens is 781 g/mol. The monoisotopic (exact) mass is 865 g/mol. The summed E-state index contributed by atoms with van der Waals surface area (Å²) in [7, 11) is 0. The molecule has 6 nitrogen and oxygen atoms in total. The minimum atomic E-state index is -0.837. The van der Waals surface area contributed by atoms with Gasteiger partial charge < -0.3 is 14.2 Å². The Morgan fingerprint density at radius 2 is 0.667 bits per heavy atom. The van der Waals surface area contributed by atoms with Crippen LogP contribution in [0.1, 0.15) is 162 Å². The normalized spacial score (nSPS) is 13.5. The Bertz CT molecular complexity index is 1510. The SMILES string of the molecule is CC/C=C/C=C/C=C/C=C/CCCCCCCC(=O)OC(COC(=O)CCC/C=C/C/C=C/C/C=C/C/C=C/C/C=C/CC)COC(=O)CCCCC/C=C/C=C/C=C/C=C/CC. The molecule has 0 amide bonds. The zero-order valence-corrected chi connectivity index (χ0v) is 39.5.